The number of aromatic nitrogens is 1. The summed E-state index contributed by atoms with van der Waals surface area (Å²) in [4.78, 5) is 28.7. The molecule has 2 aromatic rings. The molecule has 0 radical (unpaired) electrons. The zero-order valence-electron chi connectivity index (χ0n) is 12.8. The number of fused-ring (bicyclic) bond motifs is 1. The average molecular weight is 375 g/mol. The molecule has 0 aliphatic carbocycles. The quantitative estimate of drug-likeness (QED) is 0.592. The Bertz CT molecular complexity index is 813. The number of ether oxygens (including phenoxy) is 1. The highest BCUT2D eigenvalue weighted by molar-refractivity contribution is 9.10. The Hall–Kier alpha value is -2.26. The van der Waals surface area contributed by atoms with Gasteiger partial charge in [0.1, 0.15) is 11.2 Å². The van der Waals surface area contributed by atoms with E-state index < -0.39 is 17.2 Å². The highest BCUT2D eigenvalue weighted by atomic mass is 79.9. The standard InChI is InChI=1S/C17H15BrN2O3/c1-11(21)17(6-7-19,16(22)23-2)10-15-14-4-3-13(18)9-12(14)5-8-20-15/h3-5,8-9H,6,10H2,1-2H3. The predicted octanol–water partition coefficient (Wildman–Crippen LogP) is 3.20. The van der Waals surface area contributed by atoms with Crippen LogP contribution in [0.4, 0.5) is 0 Å². The smallest absolute Gasteiger partial charge is 0.320 e. The molecule has 23 heavy (non-hydrogen) atoms. The summed E-state index contributed by atoms with van der Waals surface area (Å²) in [5, 5.41) is 10.9. The molecule has 0 spiro atoms. The van der Waals surface area contributed by atoms with Gasteiger partial charge in [-0.25, -0.2) is 0 Å². The number of rotatable bonds is 5. The lowest BCUT2D eigenvalue weighted by Gasteiger charge is -2.25. The molecule has 0 saturated heterocycles. The first kappa shape index (κ1) is 17.1. The van der Waals surface area contributed by atoms with Gasteiger partial charge < -0.3 is 4.74 Å². The van der Waals surface area contributed by atoms with Crippen molar-refractivity contribution >= 4 is 38.5 Å². The van der Waals surface area contributed by atoms with Gasteiger partial charge in [-0.1, -0.05) is 22.0 Å². The van der Waals surface area contributed by atoms with E-state index in [2.05, 4.69) is 20.9 Å². The lowest BCUT2D eigenvalue weighted by molar-refractivity contribution is -0.157. The van der Waals surface area contributed by atoms with Crippen LogP contribution >= 0.6 is 15.9 Å². The van der Waals surface area contributed by atoms with Crippen LogP contribution in [0.5, 0.6) is 0 Å². The van der Waals surface area contributed by atoms with Crippen LogP contribution in [0.3, 0.4) is 0 Å². The van der Waals surface area contributed by atoms with Crippen molar-refractivity contribution in [2.45, 2.75) is 19.8 Å². The fourth-order valence-electron chi connectivity index (χ4n) is 2.57. The van der Waals surface area contributed by atoms with Crippen LogP contribution in [0.1, 0.15) is 19.0 Å². The van der Waals surface area contributed by atoms with Crippen molar-refractivity contribution in [3.8, 4) is 6.07 Å². The van der Waals surface area contributed by atoms with Gasteiger partial charge in [-0.15, -0.1) is 0 Å². The second-order valence-electron chi connectivity index (χ2n) is 5.26. The molecule has 1 atom stereocenters. The second kappa shape index (κ2) is 6.88. The Labute approximate surface area is 142 Å². The predicted molar refractivity (Wildman–Crippen MR) is 88.5 cm³/mol. The molecule has 0 N–H and O–H groups in total. The number of ketones is 1. The van der Waals surface area contributed by atoms with E-state index in [1.807, 2.05) is 30.3 Å². The van der Waals surface area contributed by atoms with Crippen molar-refractivity contribution in [3.05, 3.63) is 40.6 Å². The highest BCUT2D eigenvalue weighted by Gasteiger charge is 2.45. The highest BCUT2D eigenvalue weighted by Crippen LogP contribution is 2.32. The third-order valence-electron chi connectivity index (χ3n) is 3.91. The van der Waals surface area contributed by atoms with Gasteiger partial charge in [-0.2, -0.15) is 5.26 Å². The van der Waals surface area contributed by atoms with Gasteiger partial charge in [0.15, 0.2) is 0 Å². The van der Waals surface area contributed by atoms with Crippen molar-refractivity contribution < 1.29 is 14.3 Å². The number of hydrogen-bond donors (Lipinski definition) is 0. The molecule has 0 bridgehead atoms. The maximum Gasteiger partial charge on any atom is 0.320 e. The van der Waals surface area contributed by atoms with Crippen LogP contribution in [0.2, 0.25) is 0 Å². The summed E-state index contributed by atoms with van der Waals surface area (Å²) >= 11 is 3.41. The van der Waals surface area contributed by atoms with Crippen LogP contribution in [-0.2, 0) is 20.7 Å². The molecule has 0 aliphatic rings. The molecule has 6 heteroatoms. The number of nitrogens with zero attached hydrogens (tertiary/aromatic N) is 2. The minimum Gasteiger partial charge on any atom is -0.468 e. The number of pyridine rings is 1. The average Bonchev–Trinajstić information content (AvgIpc) is 2.53. The summed E-state index contributed by atoms with van der Waals surface area (Å²) < 4.78 is 5.71. The third kappa shape index (κ3) is 3.25. The van der Waals surface area contributed by atoms with E-state index in [9.17, 15) is 9.59 Å². The monoisotopic (exact) mass is 374 g/mol. The summed E-state index contributed by atoms with van der Waals surface area (Å²) in [6, 6.07) is 9.44. The van der Waals surface area contributed by atoms with Crippen LogP contribution in [0.25, 0.3) is 10.8 Å². The summed E-state index contributed by atoms with van der Waals surface area (Å²) in [5.41, 5.74) is -0.941. The number of esters is 1. The number of carbonyl (C=O) groups is 2. The van der Waals surface area contributed by atoms with E-state index in [1.54, 1.807) is 6.20 Å². The van der Waals surface area contributed by atoms with E-state index in [0.29, 0.717) is 5.69 Å². The molecular formula is C17H15BrN2O3. The van der Waals surface area contributed by atoms with E-state index >= 15 is 0 Å². The zero-order valence-corrected chi connectivity index (χ0v) is 14.4. The molecule has 0 amide bonds. The SMILES string of the molecule is COC(=O)C(CC#N)(Cc1nccc2cc(Br)ccc12)C(C)=O. The normalized spacial score (nSPS) is 13.1. The van der Waals surface area contributed by atoms with Gasteiger partial charge in [-0.05, 0) is 30.5 Å². The van der Waals surface area contributed by atoms with Crippen molar-refractivity contribution in [3.63, 3.8) is 0 Å². The molecule has 2 rings (SSSR count). The van der Waals surface area contributed by atoms with Crippen molar-refractivity contribution in [2.75, 3.05) is 7.11 Å². The number of Topliss-reactive ketones (excluding diaryl/α,β-unsaturated/α-hetero) is 1. The summed E-state index contributed by atoms with van der Waals surface area (Å²) in [7, 11) is 1.21. The van der Waals surface area contributed by atoms with Crippen LogP contribution in [0.15, 0.2) is 34.9 Å². The molecule has 0 aliphatic heterocycles. The first-order valence-electron chi connectivity index (χ1n) is 6.94. The second-order valence-corrected chi connectivity index (χ2v) is 6.18. The number of hydrogen-bond acceptors (Lipinski definition) is 5. The Morgan fingerprint density at radius 1 is 1.39 bits per heavy atom. The van der Waals surface area contributed by atoms with Crippen molar-refractivity contribution in [2.24, 2.45) is 5.41 Å². The Morgan fingerprint density at radius 2 is 2.13 bits per heavy atom. The topological polar surface area (TPSA) is 80.1 Å². The molecule has 1 aromatic heterocycles. The summed E-state index contributed by atoms with van der Waals surface area (Å²) in [5.74, 6) is -1.11. The molecular weight excluding hydrogens is 360 g/mol. The lowest BCUT2D eigenvalue weighted by atomic mass is 9.76. The third-order valence-corrected chi connectivity index (χ3v) is 4.40. The van der Waals surface area contributed by atoms with E-state index in [-0.39, 0.29) is 12.8 Å². The molecule has 5 nitrogen and oxygen atoms in total. The molecule has 118 valence electrons. The van der Waals surface area contributed by atoms with Gasteiger partial charge in [0, 0.05) is 28.2 Å². The van der Waals surface area contributed by atoms with Gasteiger partial charge in [0.05, 0.1) is 19.6 Å². The minimum atomic E-state index is -1.53. The van der Waals surface area contributed by atoms with Gasteiger partial charge in [-0.3, -0.25) is 14.6 Å². The van der Waals surface area contributed by atoms with Crippen LogP contribution in [-0.4, -0.2) is 23.8 Å². The molecule has 1 unspecified atom stereocenters. The first-order valence-corrected chi connectivity index (χ1v) is 7.73. The lowest BCUT2D eigenvalue weighted by Crippen LogP contribution is -2.41. The van der Waals surface area contributed by atoms with Gasteiger partial charge in [0.25, 0.3) is 0 Å². The van der Waals surface area contributed by atoms with E-state index in [4.69, 9.17) is 10.00 Å². The Morgan fingerprint density at radius 3 is 2.74 bits per heavy atom. The van der Waals surface area contributed by atoms with Crippen LogP contribution in [0, 0.1) is 16.7 Å². The van der Waals surface area contributed by atoms with Crippen LogP contribution < -0.4 is 0 Å². The van der Waals surface area contributed by atoms with Gasteiger partial charge >= 0.3 is 5.97 Å². The molecule has 1 aromatic carbocycles. The Balaban J connectivity index is 2.59. The maximum atomic E-state index is 12.2. The first-order chi connectivity index (χ1) is 10.9. The summed E-state index contributed by atoms with van der Waals surface area (Å²) in [6.07, 6.45) is 1.41. The van der Waals surface area contributed by atoms with Crippen molar-refractivity contribution in [1.29, 1.82) is 5.26 Å². The van der Waals surface area contributed by atoms with E-state index in [0.717, 1.165) is 15.2 Å². The number of halogens is 1. The zero-order chi connectivity index (χ0) is 17.0. The minimum absolute atomic E-state index is 0.0293. The van der Waals surface area contributed by atoms with E-state index in [1.165, 1.54) is 14.0 Å². The van der Waals surface area contributed by atoms with Crippen molar-refractivity contribution in [1.82, 2.24) is 4.98 Å². The number of carbonyl (C=O) groups excluding carboxylic acids is 2. The molecule has 0 saturated carbocycles. The largest absolute Gasteiger partial charge is 0.468 e. The maximum absolute atomic E-state index is 12.2. The fraction of sp³-hybridized carbons (Fsp3) is 0.294. The number of methoxy groups -OCH3 is 1. The fourth-order valence-corrected chi connectivity index (χ4v) is 2.95. The molecule has 0 fully saturated rings. The molecule has 1 heterocycles. The summed E-state index contributed by atoms with van der Waals surface area (Å²) in [6.45, 7) is 1.30. The number of benzene rings is 1. The number of nitriles is 1. The van der Waals surface area contributed by atoms with Gasteiger partial charge in [0.2, 0.25) is 0 Å². The Kier molecular flexibility index (Phi) is 5.12.